The first kappa shape index (κ1) is 73.3. The number of rotatable bonds is 12. The van der Waals surface area contributed by atoms with Gasteiger partial charge in [0.05, 0.1) is 11.5 Å². The first-order chi connectivity index (χ1) is 44.8. The van der Waals surface area contributed by atoms with E-state index in [0.29, 0.717) is 0 Å². The molecule has 0 aliphatic heterocycles. The van der Waals surface area contributed by atoms with Gasteiger partial charge in [-0.15, -0.1) is 35.6 Å². The van der Waals surface area contributed by atoms with Crippen molar-refractivity contribution in [3.63, 3.8) is 0 Å². The predicted molar refractivity (Wildman–Crippen MR) is 447 cm³/mol. The summed E-state index contributed by atoms with van der Waals surface area (Å²) in [6.07, 6.45) is 0. The van der Waals surface area contributed by atoms with Gasteiger partial charge in [-0.3, -0.25) is 0 Å². The molecule has 12 aromatic carbocycles. The molecule has 12 rings (SSSR count). The Kier molecular flexibility index (Phi) is 38.9. The number of hydrogen-bond acceptors (Lipinski definition) is 4. The molecule has 460 valence electrons. The molecule has 0 aliphatic rings. The summed E-state index contributed by atoms with van der Waals surface area (Å²) in [5, 5.41) is 14.7. The second-order valence-corrected chi connectivity index (χ2v) is 33.3. The summed E-state index contributed by atoms with van der Waals surface area (Å²) in [7, 11) is 3.71. The van der Waals surface area contributed by atoms with E-state index in [2.05, 4.69) is 293 Å². The van der Waals surface area contributed by atoms with Crippen LogP contribution >= 0.6 is 111 Å². The van der Waals surface area contributed by atoms with E-state index in [1.54, 1.807) is 0 Å². The lowest BCUT2D eigenvalue weighted by molar-refractivity contribution is 0.592. The molecule has 8 unspecified atom stereocenters. The van der Waals surface area contributed by atoms with E-state index in [-0.39, 0.29) is 36.7 Å². The fraction of sp³-hybridized carbons (Fsp3) is 0. The Morgan fingerprint density at radius 1 is 0.322 bits per heavy atom. The maximum absolute atomic E-state index is 13.8. The third-order valence-electron chi connectivity index (χ3n) is 12.8. The molecule has 3 nitrogen and oxygen atoms in total. The van der Waals surface area contributed by atoms with Crippen LogP contribution in [0.15, 0.2) is 364 Å². The van der Waals surface area contributed by atoms with Crippen molar-refractivity contribution in [2.75, 3.05) is 0 Å². The molecule has 90 heavy (non-hydrogen) atoms. The fourth-order valence-corrected chi connectivity index (χ4v) is 20.1. The van der Waals surface area contributed by atoms with Crippen LogP contribution in [0.5, 0.6) is 0 Å². The fourth-order valence-electron chi connectivity index (χ4n) is 9.08. The molecular formula is C72H79O3P12S3+3. The van der Waals surface area contributed by atoms with Crippen LogP contribution in [0.25, 0.3) is 0 Å². The van der Waals surface area contributed by atoms with Crippen molar-refractivity contribution in [3.05, 3.63) is 364 Å². The topological polar surface area (TPSA) is 67.1 Å². The molecule has 0 saturated heterocycles. The zero-order chi connectivity index (χ0) is 66.1. The molecule has 0 saturated carbocycles. The van der Waals surface area contributed by atoms with Crippen LogP contribution in [0.3, 0.4) is 0 Å². The summed E-state index contributed by atoms with van der Waals surface area (Å²) >= 11 is 10.5. The van der Waals surface area contributed by atoms with E-state index in [4.69, 9.17) is 16.9 Å². The molecule has 0 aliphatic carbocycles. The third-order valence-corrected chi connectivity index (χ3v) is 25.7. The molecule has 0 spiro atoms. The van der Waals surface area contributed by atoms with E-state index in [0.717, 1.165) is 15.9 Å². The smallest absolute Gasteiger partial charge is 0.390 e. The van der Waals surface area contributed by atoms with E-state index >= 15 is 0 Å². The van der Waals surface area contributed by atoms with E-state index in [1.807, 2.05) is 118 Å². The van der Waals surface area contributed by atoms with E-state index in [1.165, 1.54) is 47.7 Å². The van der Waals surface area contributed by atoms with Crippen LogP contribution in [-0.4, -0.2) is 5.11 Å². The first-order valence-corrected chi connectivity index (χ1v) is 45.2. The second kappa shape index (κ2) is 47.7. The van der Waals surface area contributed by atoms with Crippen LogP contribution < -0.4 is 63.7 Å². The van der Waals surface area contributed by atoms with Crippen molar-refractivity contribution in [2.45, 2.75) is 0 Å². The molecule has 0 radical (unpaired) electrons. The SMILES string of the molecule is O=P(c1ccccc1)(c1ccccc1)c1ccccc1.S.S=P(c1ccccc1)(c1ccccc1)c1ccccc1.[3H]PP.[3H]PP.[3H][P+](=O)P.[3H][P+](P)=S.[OH3+].c1ccc(P(c2ccccc2)c2ccccc2)cc1.c1ccc(P(c2ccccc2)c2ccccc2)cc1. The van der Waals surface area contributed by atoms with Gasteiger partial charge >= 0.3 is 10.7 Å². The lowest BCUT2D eigenvalue weighted by Crippen LogP contribution is -2.24. The molecule has 0 heterocycles. The van der Waals surface area contributed by atoms with Crippen molar-refractivity contribution in [2.24, 2.45) is 0 Å². The Hall–Kier alpha value is -4.11. The first-order valence-electron chi connectivity index (χ1n) is 29.3. The van der Waals surface area contributed by atoms with Crippen molar-refractivity contribution >= 4 is 198 Å². The van der Waals surface area contributed by atoms with Gasteiger partial charge in [-0.2, -0.15) is 13.5 Å². The molecule has 0 bridgehead atoms. The van der Waals surface area contributed by atoms with Crippen molar-refractivity contribution < 1.29 is 14.6 Å². The average molecular weight is 1470 g/mol. The molecule has 0 aromatic heterocycles. The lowest BCUT2D eigenvalue weighted by Gasteiger charge is -2.23. The highest BCUT2D eigenvalue weighted by Gasteiger charge is 2.29. The van der Waals surface area contributed by atoms with Crippen LogP contribution in [0, 0.1) is 0 Å². The second-order valence-electron chi connectivity index (χ2n) is 18.1. The summed E-state index contributed by atoms with van der Waals surface area (Å²) in [6.45, 7) is -0.870. The van der Waals surface area contributed by atoms with Gasteiger partial charge in [-0.1, -0.05) is 380 Å². The minimum Gasteiger partial charge on any atom is -0.457 e. The normalized spacial score (nSPS) is 11.1. The summed E-state index contributed by atoms with van der Waals surface area (Å²) < 4.78 is 47.9. The van der Waals surface area contributed by atoms with Crippen LogP contribution in [0.1, 0.15) is 0 Å². The van der Waals surface area contributed by atoms with Crippen molar-refractivity contribution in [1.29, 1.82) is 5.11 Å². The molecule has 0 fully saturated rings. The highest BCUT2D eigenvalue weighted by Crippen LogP contribution is 2.43. The van der Waals surface area contributed by atoms with E-state index in [9.17, 15) is 9.13 Å². The van der Waals surface area contributed by atoms with Gasteiger partial charge in [0.2, 0.25) is 0 Å². The molecule has 12 aromatic rings. The Bertz CT molecular complexity index is 3350. The molecule has 3 N–H and O–H groups in total. The largest absolute Gasteiger partial charge is 0.457 e. The Morgan fingerprint density at radius 2 is 0.433 bits per heavy atom. The number of benzene rings is 12. The zero-order valence-electron chi connectivity index (χ0n) is 53.3. The molecule has 8 atom stereocenters. The Morgan fingerprint density at radius 3 is 0.567 bits per heavy atom. The van der Waals surface area contributed by atoms with Gasteiger partial charge in [0.25, 0.3) is 0 Å². The highest BCUT2D eigenvalue weighted by atomic mass is 32.6. The monoisotopic (exact) mass is 1470 g/mol. The summed E-state index contributed by atoms with van der Waals surface area (Å²) in [5.41, 5.74) is 0. The maximum Gasteiger partial charge on any atom is 0.390 e. The molecule has 0 amide bonds. The van der Waals surface area contributed by atoms with Gasteiger partial charge in [0.1, 0.15) is 8.93 Å². The van der Waals surface area contributed by atoms with Gasteiger partial charge < -0.3 is 10.0 Å². The van der Waals surface area contributed by atoms with Crippen molar-refractivity contribution in [1.82, 2.24) is 0 Å². The highest BCUT2D eigenvalue weighted by molar-refractivity contribution is 8.25. The van der Waals surface area contributed by atoms with Gasteiger partial charge in [-0.05, 0) is 63.6 Å². The average Bonchev–Trinajstić information content (AvgIpc) is 0.789. The lowest BCUT2D eigenvalue weighted by atomic mass is 10.4. The van der Waals surface area contributed by atoms with Gasteiger partial charge in [0, 0.05) is 22.0 Å². The van der Waals surface area contributed by atoms with E-state index < -0.39 is 44.1 Å². The van der Waals surface area contributed by atoms with Crippen LogP contribution in [0.2, 0.25) is 0 Å². The van der Waals surface area contributed by atoms with Crippen LogP contribution in [-0.2, 0) is 38.2 Å². The maximum atomic E-state index is 13.8. The Balaban J connectivity index is 0.000000304. The number of hydrogen-bond donors (Lipinski definition) is 0. The minimum absolute atomic E-state index is 0. The third kappa shape index (κ3) is 25.0. The zero-order valence-corrected chi connectivity index (χ0v) is 64.0. The quantitative estimate of drug-likeness (QED) is 0.0903. The molecular weight excluding hydrogens is 1380 g/mol. The Labute approximate surface area is 577 Å². The minimum atomic E-state index is -2.78. The van der Waals surface area contributed by atoms with Gasteiger partial charge in [0.15, 0.2) is 25.9 Å². The summed E-state index contributed by atoms with van der Waals surface area (Å²) in [4.78, 5) is 0. The summed E-state index contributed by atoms with van der Waals surface area (Å²) in [6, 6.07) is 123. The molecule has 18 heteroatoms. The van der Waals surface area contributed by atoms with Gasteiger partial charge in [-0.25, -0.2) is 0 Å². The van der Waals surface area contributed by atoms with Crippen molar-refractivity contribution in [3.8, 4) is 0 Å². The summed E-state index contributed by atoms with van der Waals surface area (Å²) in [5.74, 6) is 0. The predicted octanol–water partition coefficient (Wildman–Crippen LogP) is 15.9. The standard InChI is InChI=1S/C18H15OP.C18H15PS.2C18H15P.H2OP2.H2O.H2P2S.2H4P2.H2S/c19-20(16-10-4-1-5-11-16,17-12-6-2-7-13-17)18-14-8-3-9-15-18;20-19(16-10-4-1-5-11-16,17-12-6-2-7-13-17)18-14-8-3-9-15-18;2*1-4-10-16(11-5-1)19(17-12-6-2-7-13-17)18-14-8-3-9-15-18;1-3-2;;1-2-3;2*1-2;/h2*1-15H;2*1-15H;2H2;1H2;1H2;2*1-2H2;1H2/p+3/i;;;;;;;2*1T;/hT2. The van der Waals surface area contributed by atoms with Crippen LogP contribution in [0.4, 0.5) is 0 Å².